The molecule has 0 amide bonds. The molecule has 31 heavy (non-hydrogen) atoms. The summed E-state index contributed by atoms with van der Waals surface area (Å²) in [5.74, 6) is 0.382. The van der Waals surface area contributed by atoms with Crippen LogP contribution in [0.2, 0.25) is 0 Å². The fourth-order valence-electron chi connectivity index (χ4n) is 4.55. The van der Waals surface area contributed by atoms with E-state index in [1.807, 2.05) is 18.5 Å². The van der Waals surface area contributed by atoms with Gasteiger partial charge in [-0.1, -0.05) is 6.92 Å². The van der Waals surface area contributed by atoms with Crippen molar-refractivity contribution in [2.45, 2.75) is 76.7 Å². The van der Waals surface area contributed by atoms with Crippen LogP contribution in [0.1, 0.15) is 70.1 Å². The number of nitrogens with zero attached hydrogens (tertiary/aromatic N) is 6. The van der Waals surface area contributed by atoms with Gasteiger partial charge in [-0.2, -0.15) is 18.3 Å². The maximum atomic E-state index is 12.8. The van der Waals surface area contributed by atoms with Crippen LogP contribution in [0.15, 0.2) is 12.4 Å². The summed E-state index contributed by atoms with van der Waals surface area (Å²) in [6.45, 7) is 8.93. The molecule has 0 spiro atoms. The van der Waals surface area contributed by atoms with Gasteiger partial charge in [0, 0.05) is 43.5 Å². The molecule has 3 heterocycles. The van der Waals surface area contributed by atoms with Crippen molar-refractivity contribution >= 4 is 0 Å². The third-order valence-electron chi connectivity index (χ3n) is 6.22. The van der Waals surface area contributed by atoms with E-state index < -0.39 is 12.0 Å². The van der Waals surface area contributed by atoms with Crippen LogP contribution in [-0.4, -0.2) is 61.5 Å². The molecule has 2 aromatic rings. The van der Waals surface area contributed by atoms with Crippen molar-refractivity contribution in [2.24, 2.45) is 0 Å². The first-order chi connectivity index (χ1) is 14.8. The summed E-state index contributed by atoms with van der Waals surface area (Å²) in [5, 5.41) is 4.59. The Morgan fingerprint density at radius 2 is 1.94 bits per heavy atom. The summed E-state index contributed by atoms with van der Waals surface area (Å²) in [5.41, 5.74) is 0.391. The van der Waals surface area contributed by atoms with Crippen LogP contribution in [0.3, 0.4) is 0 Å². The molecular weight excluding hydrogens is 409 g/mol. The van der Waals surface area contributed by atoms with E-state index in [1.54, 1.807) is 0 Å². The molecule has 170 valence electrons. The first-order valence-corrected chi connectivity index (χ1v) is 11.0. The first kappa shape index (κ1) is 22.1. The van der Waals surface area contributed by atoms with E-state index >= 15 is 0 Å². The van der Waals surface area contributed by atoms with Crippen LogP contribution < -0.4 is 0 Å². The van der Waals surface area contributed by atoms with Crippen LogP contribution in [-0.2, 0) is 10.9 Å². The van der Waals surface area contributed by atoms with E-state index in [4.69, 9.17) is 9.72 Å². The molecule has 1 aliphatic heterocycles. The highest BCUT2D eigenvalue weighted by atomic mass is 19.4. The maximum Gasteiger partial charge on any atom is 0.451 e. The van der Waals surface area contributed by atoms with Gasteiger partial charge in [0.05, 0.1) is 18.3 Å². The lowest BCUT2D eigenvalue weighted by Crippen LogP contribution is -2.46. The Bertz CT molecular complexity index is 882. The van der Waals surface area contributed by atoms with E-state index in [2.05, 4.69) is 26.9 Å². The molecular formula is C21H29F3N6O. The number of aromatic nitrogens is 5. The van der Waals surface area contributed by atoms with Crippen LogP contribution in [0.25, 0.3) is 11.4 Å². The van der Waals surface area contributed by atoms with Crippen LogP contribution in [0.5, 0.6) is 0 Å². The first-order valence-electron chi connectivity index (χ1n) is 11.0. The third-order valence-corrected chi connectivity index (χ3v) is 6.22. The van der Waals surface area contributed by atoms with Crippen LogP contribution >= 0.6 is 0 Å². The van der Waals surface area contributed by atoms with Gasteiger partial charge in [0.1, 0.15) is 5.82 Å². The minimum absolute atomic E-state index is 0.0959. The zero-order valence-electron chi connectivity index (χ0n) is 18.1. The highest BCUT2D eigenvalue weighted by Crippen LogP contribution is 2.38. The Labute approximate surface area is 180 Å². The predicted molar refractivity (Wildman–Crippen MR) is 108 cm³/mol. The highest BCUT2D eigenvalue weighted by molar-refractivity contribution is 5.51. The van der Waals surface area contributed by atoms with Gasteiger partial charge in [0.15, 0.2) is 5.82 Å². The van der Waals surface area contributed by atoms with Gasteiger partial charge in [-0.25, -0.2) is 19.6 Å². The van der Waals surface area contributed by atoms with Gasteiger partial charge < -0.3 is 4.74 Å². The fourth-order valence-corrected chi connectivity index (χ4v) is 4.55. The zero-order chi connectivity index (χ0) is 22.2. The molecule has 1 saturated carbocycles. The molecule has 10 heteroatoms. The summed E-state index contributed by atoms with van der Waals surface area (Å²) in [6.07, 6.45) is 2.18. The molecule has 3 atom stereocenters. The molecule has 2 fully saturated rings. The van der Waals surface area contributed by atoms with Crippen molar-refractivity contribution in [3.8, 4) is 11.4 Å². The lowest BCUT2D eigenvalue weighted by Gasteiger charge is -2.36. The number of alkyl halides is 3. The molecule has 0 unspecified atom stereocenters. The van der Waals surface area contributed by atoms with Crippen LogP contribution in [0.4, 0.5) is 13.2 Å². The SMILES string of the molecule is CC[C@H]1CN([C@@H]2CC[C@H](c3nc(-c4cnc(C(F)(F)F)nc4)nn3C(C)C)C2)CCO1. The Balaban J connectivity index is 1.53. The second-order valence-corrected chi connectivity index (χ2v) is 8.68. The van der Waals surface area contributed by atoms with Gasteiger partial charge in [-0.3, -0.25) is 4.90 Å². The summed E-state index contributed by atoms with van der Waals surface area (Å²) in [6, 6.07) is 0.594. The van der Waals surface area contributed by atoms with Crippen molar-refractivity contribution in [1.82, 2.24) is 29.6 Å². The van der Waals surface area contributed by atoms with Crippen molar-refractivity contribution in [3.63, 3.8) is 0 Å². The van der Waals surface area contributed by atoms with Gasteiger partial charge in [-0.05, 0) is 39.5 Å². The Kier molecular flexibility index (Phi) is 6.30. The standard InChI is InChI=1S/C21H29F3N6O/c1-4-17-12-29(7-8-31-17)16-6-5-14(9-16)19-27-18(28-30(19)13(2)3)15-10-25-20(26-11-15)21(22,23)24/h10-11,13-14,16-17H,4-9,12H2,1-3H3/t14-,16+,17-/m0/s1. The molecule has 1 aliphatic carbocycles. The molecule has 2 aliphatic rings. The molecule has 2 aromatic heterocycles. The van der Waals surface area contributed by atoms with Crippen molar-refractivity contribution in [3.05, 3.63) is 24.0 Å². The zero-order valence-corrected chi connectivity index (χ0v) is 18.1. The number of hydrogen-bond acceptors (Lipinski definition) is 6. The second kappa shape index (κ2) is 8.82. The Hall–Kier alpha value is -2.07. The molecule has 7 nitrogen and oxygen atoms in total. The van der Waals surface area contributed by atoms with Gasteiger partial charge in [0.25, 0.3) is 0 Å². The molecule has 4 rings (SSSR count). The average molecular weight is 438 g/mol. The fraction of sp³-hybridized carbons (Fsp3) is 0.714. The maximum absolute atomic E-state index is 12.8. The molecule has 1 saturated heterocycles. The molecule has 0 aromatic carbocycles. The molecule has 0 radical (unpaired) electrons. The van der Waals surface area contributed by atoms with E-state index in [9.17, 15) is 13.2 Å². The number of hydrogen-bond donors (Lipinski definition) is 0. The van der Waals surface area contributed by atoms with Crippen LogP contribution in [0, 0.1) is 0 Å². The van der Waals surface area contributed by atoms with E-state index in [-0.39, 0.29) is 12.0 Å². The predicted octanol–water partition coefficient (Wildman–Crippen LogP) is 4.08. The Morgan fingerprint density at radius 3 is 2.58 bits per heavy atom. The van der Waals surface area contributed by atoms with Crippen molar-refractivity contribution < 1.29 is 17.9 Å². The lowest BCUT2D eigenvalue weighted by atomic mass is 10.1. The Morgan fingerprint density at radius 1 is 1.19 bits per heavy atom. The summed E-state index contributed by atoms with van der Waals surface area (Å²) >= 11 is 0. The topological polar surface area (TPSA) is 69.0 Å². The monoisotopic (exact) mass is 438 g/mol. The van der Waals surface area contributed by atoms with E-state index in [1.165, 1.54) is 0 Å². The number of rotatable bonds is 5. The number of morpholine rings is 1. The van der Waals surface area contributed by atoms with Gasteiger partial charge in [0.2, 0.25) is 5.82 Å². The second-order valence-electron chi connectivity index (χ2n) is 8.68. The smallest absolute Gasteiger partial charge is 0.376 e. The summed E-state index contributed by atoms with van der Waals surface area (Å²) < 4.78 is 46.0. The minimum atomic E-state index is -4.57. The highest BCUT2D eigenvalue weighted by Gasteiger charge is 2.36. The van der Waals surface area contributed by atoms with Crippen molar-refractivity contribution in [2.75, 3.05) is 19.7 Å². The largest absolute Gasteiger partial charge is 0.451 e. The van der Waals surface area contributed by atoms with Gasteiger partial charge >= 0.3 is 6.18 Å². The number of halogens is 3. The number of ether oxygens (including phenoxy) is 1. The van der Waals surface area contributed by atoms with Gasteiger partial charge in [-0.15, -0.1) is 0 Å². The molecule has 0 bridgehead atoms. The average Bonchev–Trinajstić information content (AvgIpc) is 3.41. The van der Waals surface area contributed by atoms with Crippen molar-refractivity contribution in [1.29, 1.82) is 0 Å². The lowest BCUT2D eigenvalue weighted by molar-refractivity contribution is -0.144. The summed E-state index contributed by atoms with van der Waals surface area (Å²) in [4.78, 5) is 14.2. The quantitative estimate of drug-likeness (QED) is 0.701. The third kappa shape index (κ3) is 4.74. The minimum Gasteiger partial charge on any atom is -0.376 e. The summed E-state index contributed by atoms with van der Waals surface area (Å²) in [7, 11) is 0. The van der Waals surface area contributed by atoms with E-state index in [0.717, 1.165) is 63.6 Å². The van der Waals surface area contributed by atoms with E-state index in [0.29, 0.717) is 23.5 Å². The normalized spacial score (nSPS) is 25.5. The molecule has 0 N–H and O–H groups in total.